The number of aromatic hydroxyl groups is 2. The fourth-order valence-electron chi connectivity index (χ4n) is 1.76. The summed E-state index contributed by atoms with van der Waals surface area (Å²) in [5, 5.41) is 20.1. The molecule has 0 aliphatic heterocycles. The molecule has 1 aromatic carbocycles. The summed E-state index contributed by atoms with van der Waals surface area (Å²) >= 11 is 7.23. The van der Waals surface area contributed by atoms with Crippen molar-refractivity contribution in [2.24, 2.45) is 0 Å². The summed E-state index contributed by atoms with van der Waals surface area (Å²) in [6.07, 6.45) is 1.77. The molecule has 0 fully saturated rings. The van der Waals surface area contributed by atoms with Crippen LogP contribution in [0.25, 0.3) is 20.9 Å². The van der Waals surface area contributed by atoms with Gasteiger partial charge in [0.25, 0.3) is 0 Å². The van der Waals surface area contributed by atoms with Gasteiger partial charge in [0.05, 0.1) is 10.6 Å². The van der Waals surface area contributed by atoms with Gasteiger partial charge >= 0.3 is 0 Å². The number of aryl methyl sites for hydroxylation is 1. The van der Waals surface area contributed by atoms with E-state index in [1.165, 1.54) is 23.5 Å². The largest absolute Gasteiger partial charge is 0.507 e. The Morgan fingerprint density at radius 3 is 2.74 bits per heavy atom. The van der Waals surface area contributed by atoms with Gasteiger partial charge in [-0.3, -0.25) is 0 Å². The highest BCUT2D eigenvalue weighted by atomic mass is 35.5. The van der Waals surface area contributed by atoms with E-state index < -0.39 is 0 Å². The zero-order chi connectivity index (χ0) is 13.6. The molecule has 0 atom stereocenters. The Bertz CT molecular complexity index is 786. The summed E-state index contributed by atoms with van der Waals surface area (Å²) in [5.41, 5.74) is 2.30. The topological polar surface area (TPSA) is 66.2 Å². The molecule has 0 amide bonds. The molecule has 0 aliphatic rings. The summed E-state index contributed by atoms with van der Waals surface area (Å²) in [6, 6.07) is 4.64. The number of nitrogens with zero attached hydrogens (tertiary/aromatic N) is 2. The monoisotopic (exact) mass is 292 g/mol. The van der Waals surface area contributed by atoms with Gasteiger partial charge in [0.1, 0.15) is 26.9 Å². The number of phenolic OH excluding ortho intramolecular Hbond substituents is 2. The lowest BCUT2D eigenvalue weighted by Gasteiger charge is -2.03. The number of hydrogen-bond donors (Lipinski definition) is 2. The van der Waals surface area contributed by atoms with Gasteiger partial charge in [-0.2, -0.15) is 0 Å². The van der Waals surface area contributed by atoms with Crippen molar-refractivity contribution < 1.29 is 10.2 Å². The first kappa shape index (κ1) is 12.2. The lowest BCUT2D eigenvalue weighted by atomic mass is 10.2. The van der Waals surface area contributed by atoms with Crippen LogP contribution < -0.4 is 0 Å². The van der Waals surface area contributed by atoms with Crippen LogP contribution in [0.3, 0.4) is 0 Å². The van der Waals surface area contributed by atoms with Crippen molar-refractivity contribution in [1.82, 2.24) is 9.97 Å². The van der Waals surface area contributed by atoms with Crippen molar-refractivity contribution in [2.75, 3.05) is 0 Å². The van der Waals surface area contributed by atoms with Gasteiger partial charge in [-0.05, 0) is 24.6 Å². The summed E-state index contributed by atoms with van der Waals surface area (Å²) in [4.78, 5) is 9.52. The van der Waals surface area contributed by atoms with E-state index in [0.29, 0.717) is 10.6 Å². The van der Waals surface area contributed by atoms with E-state index in [9.17, 15) is 10.2 Å². The summed E-state index contributed by atoms with van der Waals surface area (Å²) < 4.78 is 0. The summed E-state index contributed by atoms with van der Waals surface area (Å²) in [6.45, 7) is 1.94. The molecule has 2 aromatic heterocycles. The van der Waals surface area contributed by atoms with Crippen LogP contribution in [0.4, 0.5) is 0 Å². The van der Waals surface area contributed by atoms with Gasteiger partial charge in [0.15, 0.2) is 0 Å². The van der Waals surface area contributed by atoms with Gasteiger partial charge in [0, 0.05) is 12.3 Å². The number of halogens is 1. The molecular formula is C13H9ClN2O2S. The predicted octanol–water partition coefficient (Wildman–Crippen LogP) is 3.73. The molecule has 0 saturated carbocycles. The molecule has 0 spiro atoms. The molecular weight excluding hydrogens is 284 g/mol. The Kier molecular flexibility index (Phi) is 2.80. The van der Waals surface area contributed by atoms with E-state index in [2.05, 4.69) is 9.97 Å². The van der Waals surface area contributed by atoms with Crippen LogP contribution in [0.1, 0.15) is 5.56 Å². The SMILES string of the molecule is Cc1cnc2sc(-c3cc(Cl)c(O)cc3O)nc2c1. The fourth-order valence-corrected chi connectivity index (χ4v) is 2.84. The predicted molar refractivity (Wildman–Crippen MR) is 75.9 cm³/mol. The van der Waals surface area contributed by atoms with Gasteiger partial charge in [-0.25, -0.2) is 9.97 Å². The maximum Gasteiger partial charge on any atom is 0.143 e. The second-order valence-corrected chi connectivity index (χ2v) is 5.56. The van der Waals surface area contributed by atoms with Crippen LogP contribution >= 0.6 is 22.9 Å². The first-order valence-corrected chi connectivity index (χ1v) is 6.69. The van der Waals surface area contributed by atoms with Crippen molar-refractivity contribution in [1.29, 1.82) is 0 Å². The molecule has 3 rings (SSSR count). The Labute approximate surface area is 118 Å². The smallest absolute Gasteiger partial charge is 0.143 e. The molecule has 4 nitrogen and oxygen atoms in total. The second kappa shape index (κ2) is 4.36. The number of benzene rings is 1. The quantitative estimate of drug-likeness (QED) is 0.717. The molecule has 0 radical (unpaired) electrons. The van der Waals surface area contributed by atoms with E-state index in [4.69, 9.17) is 11.6 Å². The summed E-state index contributed by atoms with van der Waals surface area (Å²) in [7, 11) is 0. The number of phenols is 2. The number of rotatable bonds is 1. The zero-order valence-electron chi connectivity index (χ0n) is 9.88. The standard InChI is InChI=1S/C13H9ClN2O2S/c1-6-2-9-13(15-5-6)19-12(16-9)7-3-8(14)11(18)4-10(7)17/h2-5,17-18H,1H3. The normalized spacial score (nSPS) is 11.1. The van der Waals surface area contributed by atoms with E-state index in [1.54, 1.807) is 6.20 Å². The minimum atomic E-state index is -0.155. The third kappa shape index (κ3) is 2.11. The minimum Gasteiger partial charge on any atom is -0.507 e. The first-order valence-electron chi connectivity index (χ1n) is 5.49. The van der Waals surface area contributed by atoms with Crippen molar-refractivity contribution in [2.45, 2.75) is 6.92 Å². The summed E-state index contributed by atoms with van der Waals surface area (Å²) in [5.74, 6) is -0.212. The number of pyridine rings is 1. The number of aromatic nitrogens is 2. The number of hydrogen-bond acceptors (Lipinski definition) is 5. The molecule has 3 aromatic rings. The number of fused-ring (bicyclic) bond motifs is 1. The average Bonchev–Trinajstić information content (AvgIpc) is 2.76. The molecule has 0 unspecified atom stereocenters. The van der Waals surface area contributed by atoms with E-state index in [1.807, 2.05) is 13.0 Å². The highest BCUT2D eigenvalue weighted by Gasteiger charge is 2.14. The molecule has 2 N–H and O–H groups in total. The average molecular weight is 293 g/mol. The first-order chi connectivity index (χ1) is 9.04. The molecule has 6 heteroatoms. The van der Waals surface area contributed by atoms with E-state index in [0.717, 1.165) is 15.9 Å². The molecule has 2 heterocycles. The van der Waals surface area contributed by atoms with Crippen molar-refractivity contribution >= 4 is 33.3 Å². The maximum atomic E-state index is 9.88. The van der Waals surface area contributed by atoms with E-state index >= 15 is 0 Å². The van der Waals surface area contributed by atoms with Crippen molar-refractivity contribution in [3.8, 4) is 22.1 Å². The Hall–Kier alpha value is -1.85. The Balaban J connectivity index is 2.21. The van der Waals surface area contributed by atoms with Crippen LogP contribution in [0.2, 0.25) is 5.02 Å². The van der Waals surface area contributed by atoms with Gasteiger partial charge < -0.3 is 10.2 Å². The Morgan fingerprint density at radius 2 is 1.95 bits per heavy atom. The maximum absolute atomic E-state index is 9.88. The van der Waals surface area contributed by atoms with Gasteiger partial charge in [-0.1, -0.05) is 22.9 Å². The third-order valence-electron chi connectivity index (χ3n) is 2.68. The fraction of sp³-hybridized carbons (Fsp3) is 0.0769. The van der Waals surface area contributed by atoms with Crippen LogP contribution in [0, 0.1) is 6.92 Å². The van der Waals surface area contributed by atoms with Crippen LogP contribution in [0.15, 0.2) is 24.4 Å². The lowest BCUT2D eigenvalue weighted by molar-refractivity contribution is 0.452. The van der Waals surface area contributed by atoms with Crippen LogP contribution in [-0.4, -0.2) is 20.2 Å². The van der Waals surface area contributed by atoms with Crippen molar-refractivity contribution in [3.63, 3.8) is 0 Å². The number of thiazole rings is 1. The lowest BCUT2D eigenvalue weighted by Crippen LogP contribution is -1.80. The molecule has 0 aliphatic carbocycles. The molecule has 96 valence electrons. The molecule has 0 saturated heterocycles. The molecule has 19 heavy (non-hydrogen) atoms. The van der Waals surface area contributed by atoms with Crippen molar-refractivity contribution in [3.05, 3.63) is 35.0 Å². The van der Waals surface area contributed by atoms with Crippen LogP contribution in [0.5, 0.6) is 11.5 Å². The second-order valence-electron chi connectivity index (χ2n) is 4.18. The highest BCUT2D eigenvalue weighted by Crippen LogP contribution is 2.39. The molecule has 0 bridgehead atoms. The third-order valence-corrected chi connectivity index (χ3v) is 4.00. The van der Waals surface area contributed by atoms with Gasteiger partial charge in [-0.15, -0.1) is 0 Å². The zero-order valence-corrected chi connectivity index (χ0v) is 11.5. The minimum absolute atomic E-state index is 0.0577. The van der Waals surface area contributed by atoms with Crippen LogP contribution in [-0.2, 0) is 0 Å². The highest BCUT2D eigenvalue weighted by molar-refractivity contribution is 7.21. The van der Waals surface area contributed by atoms with Gasteiger partial charge in [0.2, 0.25) is 0 Å². The Morgan fingerprint density at radius 1 is 1.16 bits per heavy atom. The van der Waals surface area contributed by atoms with E-state index in [-0.39, 0.29) is 16.5 Å².